The lowest BCUT2D eigenvalue weighted by molar-refractivity contribution is -0.759. The Bertz CT molecular complexity index is 1400. The van der Waals surface area contributed by atoms with Crippen molar-refractivity contribution in [2.45, 2.75) is 19.3 Å². The molecule has 11 nitrogen and oxygen atoms in total. The summed E-state index contributed by atoms with van der Waals surface area (Å²) in [6.07, 6.45) is 6.70. The number of nitrogens with zero attached hydrogens (tertiary/aromatic N) is 5. The van der Waals surface area contributed by atoms with E-state index in [2.05, 4.69) is 20.6 Å². The first-order chi connectivity index (χ1) is 19.1. The molecule has 3 aromatic rings. The highest BCUT2D eigenvalue weighted by Gasteiger charge is 2.33. The van der Waals surface area contributed by atoms with E-state index in [1.807, 2.05) is 42.5 Å². The van der Waals surface area contributed by atoms with E-state index in [4.69, 9.17) is 14.0 Å². The molecule has 0 radical (unpaired) electrons. The molecule has 2 amide bonds. The summed E-state index contributed by atoms with van der Waals surface area (Å²) >= 11 is 1.15. The second kappa shape index (κ2) is 12.0. The number of anilines is 2. The number of para-hydroxylation sites is 2. The summed E-state index contributed by atoms with van der Waals surface area (Å²) in [6, 6.07) is 14.6. The summed E-state index contributed by atoms with van der Waals surface area (Å²) in [6.45, 7) is 1.78. The number of hydrogen-bond donors (Lipinski definition) is 1. The molecule has 1 saturated heterocycles. The van der Waals surface area contributed by atoms with Crippen LogP contribution in [0.5, 0.6) is 11.5 Å². The van der Waals surface area contributed by atoms with Crippen LogP contribution >= 0.6 is 11.8 Å². The molecule has 2 aliphatic rings. The van der Waals surface area contributed by atoms with Crippen molar-refractivity contribution < 1.29 is 28.4 Å². The largest absolute Gasteiger partial charge is 0.493 e. The van der Waals surface area contributed by atoms with Crippen molar-refractivity contribution in [2.75, 3.05) is 48.3 Å². The summed E-state index contributed by atoms with van der Waals surface area (Å²) in [7, 11) is 3.09. The molecule has 1 N–H and O–H groups in total. The number of rotatable bonds is 8. The Kier molecular flexibility index (Phi) is 8.11. The highest BCUT2D eigenvalue weighted by molar-refractivity contribution is 8.14. The van der Waals surface area contributed by atoms with Gasteiger partial charge in [0.1, 0.15) is 5.70 Å². The topological polar surface area (TPSA) is 113 Å². The van der Waals surface area contributed by atoms with Crippen molar-refractivity contribution >= 4 is 46.4 Å². The number of ether oxygens (including phenoxy) is 2. The van der Waals surface area contributed by atoms with Gasteiger partial charge in [-0.1, -0.05) is 42.1 Å². The number of hydrogen-bond acceptors (Lipinski definition) is 9. The van der Waals surface area contributed by atoms with E-state index in [0.29, 0.717) is 27.9 Å². The molecule has 3 heterocycles. The van der Waals surface area contributed by atoms with Crippen LogP contribution in [0.4, 0.5) is 11.6 Å². The van der Waals surface area contributed by atoms with Gasteiger partial charge in [-0.2, -0.15) is 5.01 Å². The maximum Gasteiger partial charge on any atom is 0.305 e. The van der Waals surface area contributed by atoms with E-state index in [-0.39, 0.29) is 29.1 Å². The van der Waals surface area contributed by atoms with E-state index >= 15 is 0 Å². The average Bonchev–Trinajstić information content (AvgIpc) is 3.56. The Morgan fingerprint density at radius 2 is 1.90 bits per heavy atom. The molecule has 0 aliphatic carbocycles. The highest BCUT2D eigenvalue weighted by atomic mass is 32.2. The molecule has 2 aliphatic heterocycles. The van der Waals surface area contributed by atoms with E-state index in [1.165, 1.54) is 18.4 Å². The summed E-state index contributed by atoms with van der Waals surface area (Å²) in [5.74, 6) is 0.679. The van der Waals surface area contributed by atoms with Gasteiger partial charge in [0.05, 0.1) is 43.5 Å². The number of thioether (sulfide) groups is 1. The van der Waals surface area contributed by atoms with Gasteiger partial charge in [0, 0.05) is 5.56 Å². The minimum Gasteiger partial charge on any atom is -0.493 e. The Morgan fingerprint density at radius 3 is 2.64 bits per heavy atom. The molecule has 0 saturated carbocycles. The number of aromatic nitrogens is 2. The fourth-order valence-electron chi connectivity index (χ4n) is 4.38. The van der Waals surface area contributed by atoms with Crippen LogP contribution in [0.1, 0.15) is 24.8 Å². The molecule has 0 bridgehead atoms. The normalized spacial score (nSPS) is 16.4. The number of methoxy groups -OCH3 is 2. The molecule has 2 aromatic carbocycles. The number of carbonyl (C=O) groups is 2. The minimum absolute atomic E-state index is 0.00955. The van der Waals surface area contributed by atoms with Crippen molar-refractivity contribution in [3.8, 4) is 11.5 Å². The first kappa shape index (κ1) is 26.3. The van der Waals surface area contributed by atoms with Crippen molar-refractivity contribution in [2.24, 2.45) is 4.99 Å². The molecule has 0 unspecified atom stereocenters. The standard InChI is InChI=1S/C27H28N6O5S/c1-36-22-13-9-10-19(25(22)37-2)16-21-26(35)33(20-11-5-3-6-12-20)27(28-21)39-18-23(34)29-24-17-32(30-38-24)31-14-7-4-8-15-31/h3,5-6,9-13,16-17H,4,7-8,14-15,18H2,1-2H3/p+1/b21-16+. The summed E-state index contributed by atoms with van der Waals surface area (Å²) < 4.78 is 16.2. The average molecular weight is 550 g/mol. The van der Waals surface area contributed by atoms with Gasteiger partial charge in [-0.15, -0.1) is 0 Å². The molecule has 12 heteroatoms. The molecular formula is C27H29N6O5S+. The SMILES string of the molecule is COc1cccc(/C=C2/N=C(SCC(=O)Nc3c[n+](N4CCCCC4)no3)N(c3ccccc3)C2=O)c1OC. The number of benzene rings is 2. The fraction of sp³-hybridized carbons (Fsp3) is 0.296. The molecule has 0 spiro atoms. The Labute approximate surface area is 230 Å². The van der Waals surface area contributed by atoms with Crippen LogP contribution in [0.15, 0.2) is 69.9 Å². The zero-order valence-corrected chi connectivity index (χ0v) is 22.5. The van der Waals surface area contributed by atoms with E-state index in [9.17, 15) is 9.59 Å². The Hall–Kier alpha value is -4.32. The van der Waals surface area contributed by atoms with Crippen LogP contribution < -0.4 is 29.5 Å². The number of piperidine rings is 1. The van der Waals surface area contributed by atoms with Gasteiger partial charge in [-0.25, -0.2) is 4.99 Å². The van der Waals surface area contributed by atoms with Gasteiger partial charge < -0.3 is 9.47 Å². The van der Waals surface area contributed by atoms with Crippen molar-refractivity contribution in [3.05, 3.63) is 66.0 Å². The number of aliphatic imine (C=N–C) groups is 1. The monoisotopic (exact) mass is 549 g/mol. The lowest BCUT2D eigenvalue weighted by Gasteiger charge is -2.17. The van der Waals surface area contributed by atoms with Gasteiger partial charge in [0.2, 0.25) is 11.2 Å². The molecular weight excluding hydrogens is 520 g/mol. The van der Waals surface area contributed by atoms with Gasteiger partial charge in [0.15, 0.2) is 16.7 Å². The Morgan fingerprint density at radius 1 is 1.10 bits per heavy atom. The lowest BCUT2D eigenvalue weighted by atomic mass is 10.1. The van der Waals surface area contributed by atoms with Crippen LogP contribution in [0, 0.1) is 0 Å². The van der Waals surface area contributed by atoms with E-state index < -0.39 is 0 Å². The zero-order chi connectivity index (χ0) is 27.2. The summed E-state index contributed by atoms with van der Waals surface area (Å²) in [5.41, 5.74) is 1.51. The number of amidine groups is 1. The van der Waals surface area contributed by atoms with E-state index in [1.54, 1.807) is 30.2 Å². The number of amides is 2. The molecule has 39 heavy (non-hydrogen) atoms. The summed E-state index contributed by atoms with van der Waals surface area (Å²) in [5, 5.41) is 9.19. The van der Waals surface area contributed by atoms with E-state index in [0.717, 1.165) is 37.7 Å². The lowest BCUT2D eigenvalue weighted by Crippen LogP contribution is -2.60. The van der Waals surface area contributed by atoms with Gasteiger partial charge >= 0.3 is 5.88 Å². The zero-order valence-electron chi connectivity index (χ0n) is 21.7. The van der Waals surface area contributed by atoms with Crippen LogP contribution in [0.25, 0.3) is 6.08 Å². The van der Waals surface area contributed by atoms with Crippen LogP contribution in [0.2, 0.25) is 0 Å². The van der Waals surface area contributed by atoms with Gasteiger partial charge in [-0.3, -0.25) is 24.3 Å². The highest BCUT2D eigenvalue weighted by Crippen LogP contribution is 2.35. The maximum atomic E-state index is 13.5. The second-order valence-corrected chi connectivity index (χ2v) is 9.76. The predicted molar refractivity (Wildman–Crippen MR) is 148 cm³/mol. The quantitative estimate of drug-likeness (QED) is 0.337. The van der Waals surface area contributed by atoms with Crippen LogP contribution in [-0.4, -0.2) is 55.3 Å². The molecule has 0 atom stereocenters. The van der Waals surface area contributed by atoms with Crippen molar-refractivity contribution in [3.63, 3.8) is 0 Å². The number of carbonyl (C=O) groups excluding carboxylic acids is 2. The first-order valence-corrected chi connectivity index (χ1v) is 13.5. The maximum absolute atomic E-state index is 13.5. The third-order valence-electron chi connectivity index (χ3n) is 6.24. The predicted octanol–water partition coefficient (Wildman–Crippen LogP) is 3.22. The first-order valence-electron chi connectivity index (χ1n) is 12.5. The molecule has 1 fully saturated rings. The smallest absolute Gasteiger partial charge is 0.305 e. The van der Waals surface area contributed by atoms with Crippen molar-refractivity contribution in [1.82, 2.24) is 5.27 Å². The van der Waals surface area contributed by atoms with Crippen LogP contribution in [-0.2, 0) is 9.59 Å². The Balaban J connectivity index is 1.33. The summed E-state index contributed by atoms with van der Waals surface area (Å²) in [4.78, 5) is 34.0. The third kappa shape index (κ3) is 5.90. The fourth-order valence-corrected chi connectivity index (χ4v) is 5.20. The van der Waals surface area contributed by atoms with Crippen LogP contribution in [0.3, 0.4) is 0 Å². The van der Waals surface area contributed by atoms with Gasteiger partial charge in [0.25, 0.3) is 12.1 Å². The molecule has 202 valence electrons. The van der Waals surface area contributed by atoms with Crippen molar-refractivity contribution in [1.29, 1.82) is 0 Å². The minimum atomic E-state index is -0.313. The third-order valence-corrected chi connectivity index (χ3v) is 7.18. The molecule has 5 rings (SSSR count). The van der Waals surface area contributed by atoms with Gasteiger partial charge in [-0.05, 0) is 43.5 Å². The molecule has 1 aromatic heterocycles. The number of nitrogens with one attached hydrogen (secondary N) is 1. The second-order valence-electron chi connectivity index (χ2n) is 8.82.